The summed E-state index contributed by atoms with van der Waals surface area (Å²) in [5.41, 5.74) is 2.72. The average molecular weight is 291 g/mol. The molecule has 0 atom stereocenters. The molecule has 0 aromatic heterocycles. The highest BCUT2D eigenvalue weighted by Gasteiger charge is 2.01. The summed E-state index contributed by atoms with van der Waals surface area (Å²) in [7, 11) is 1.81. The molecule has 0 aliphatic carbocycles. The van der Waals surface area contributed by atoms with Crippen molar-refractivity contribution < 1.29 is 4.74 Å². The van der Waals surface area contributed by atoms with E-state index < -0.39 is 0 Å². The highest BCUT2D eigenvalue weighted by molar-refractivity contribution is 5.79. The zero-order valence-electron chi connectivity index (χ0n) is 13.6. The third kappa shape index (κ3) is 7.14. The van der Waals surface area contributed by atoms with Gasteiger partial charge in [0.25, 0.3) is 0 Å². The van der Waals surface area contributed by atoms with E-state index in [1.165, 1.54) is 11.1 Å². The molecule has 0 aliphatic rings. The van der Waals surface area contributed by atoms with Gasteiger partial charge in [-0.1, -0.05) is 31.2 Å². The van der Waals surface area contributed by atoms with Crippen LogP contribution < -0.4 is 10.6 Å². The van der Waals surface area contributed by atoms with Crippen molar-refractivity contribution in [2.75, 3.05) is 26.8 Å². The molecule has 0 radical (unpaired) electrons. The van der Waals surface area contributed by atoms with Crippen molar-refractivity contribution in [3.8, 4) is 0 Å². The van der Waals surface area contributed by atoms with Crippen molar-refractivity contribution in [3.63, 3.8) is 0 Å². The lowest BCUT2D eigenvalue weighted by atomic mass is 10.1. The Kier molecular flexibility index (Phi) is 9.29. The van der Waals surface area contributed by atoms with E-state index in [4.69, 9.17) is 4.74 Å². The fourth-order valence-electron chi connectivity index (χ4n) is 2.15. The highest BCUT2D eigenvalue weighted by Crippen LogP contribution is 2.08. The van der Waals surface area contributed by atoms with Crippen molar-refractivity contribution in [2.24, 2.45) is 4.99 Å². The monoisotopic (exact) mass is 291 g/mol. The van der Waals surface area contributed by atoms with Gasteiger partial charge >= 0.3 is 0 Å². The largest absolute Gasteiger partial charge is 0.382 e. The molecule has 0 unspecified atom stereocenters. The van der Waals surface area contributed by atoms with Crippen LogP contribution in [0.15, 0.2) is 29.3 Å². The molecule has 21 heavy (non-hydrogen) atoms. The minimum Gasteiger partial charge on any atom is -0.382 e. The fourth-order valence-corrected chi connectivity index (χ4v) is 2.15. The van der Waals surface area contributed by atoms with E-state index in [0.29, 0.717) is 0 Å². The molecule has 0 saturated heterocycles. The summed E-state index contributed by atoms with van der Waals surface area (Å²) >= 11 is 0. The fraction of sp³-hybridized carbons (Fsp3) is 0.588. The zero-order chi connectivity index (χ0) is 15.3. The number of aliphatic imine (C=N–C) groups is 1. The maximum Gasteiger partial charge on any atom is 0.191 e. The quantitative estimate of drug-likeness (QED) is 0.418. The summed E-state index contributed by atoms with van der Waals surface area (Å²) in [5.74, 6) is 0.859. The van der Waals surface area contributed by atoms with Crippen molar-refractivity contribution in [1.29, 1.82) is 0 Å². The summed E-state index contributed by atoms with van der Waals surface area (Å²) in [4.78, 5) is 4.26. The number of nitrogens with zero attached hydrogens (tertiary/aromatic N) is 1. The topological polar surface area (TPSA) is 45.6 Å². The van der Waals surface area contributed by atoms with E-state index in [1.54, 1.807) is 7.05 Å². The molecule has 0 saturated carbocycles. The van der Waals surface area contributed by atoms with Crippen LogP contribution in [0.25, 0.3) is 0 Å². The van der Waals surface area contributed by atoms with Gasteiger partial charge in [-0.2, -0.15) is 0 Å². The summed E-state index contributed by atoms with van der Waals surface area (Å²) < 4.78 is 5.32. The molecule has 0 amide bonds. The minimum atomic E-state index is 0.799. The van der Waals surface area contributed by atoms with E-state index in [9.17, 15) is 0 Å². The maximum atomic E-state index is 5.32. The van der Waals surface area contributed by atoms with E-state index in [2.05, 4.69) is 46.8 Å². The summed E-state index contributed by atoms with van der Waals surface area (Å²) in [6.45, 7) is 7.58. The summed E-state index contributed by atoms with van der Waals surface area (Å²) in [6, 6.07) is 8.52. The molecule has 2 N–H and O–H groups in total. The number of ether oxygens (including phenoxy) is 1. The number of benzene rings is 1. The summed E-state index contributed by atoms with van der Waals surface area (Å²) in [6.07, 6.45) is 3.23. The maximum absolute atomic E-state index is 5.32. The minimum absolute atomic E-state index is 0.799. The molecule has 0 aliphatic heterocycles. The first kappa shape index (κ1) is 17.5. The Morgan fingerprint density at radius 2 is 1.86 bits per heavy atom. The third-order valence-corrected chi connectivity index (χ3v) is 3.38. The Hall–Kier alpha value is -1.55. The van der Waals surface area contributed by atoms with Gasteiger partial charge in [0.1, 0.15) is 0 Å². The Labute approximate surface area is 129 Å². The van der Waals surface area contributed by atoms with Crippen LogP contribution in [-0.4, -0.2) is 32.8 Å². The van der Waals surface area contributed by atoms with Gasteiger partial charge in [-0.05, 0) is 37.3 Å². The molecular weight excluding hydrogens is 262 g/mol. The second kappa shape index (κ2) is 11.1. The number of hydrogen-bond donors (Lipinski definition) is 2. The average Bonchev–Trinajstić information content (AvgIpc) is 2.53. The Morgan fingerprint density at radius 3 is 2.52 bits per heavy atom. The number of guanidine groups is 1. The third-order valence-electron chi connectivity index (χ3n) is 3.38. The van der Waals surface area contributed by atoms with E-state index >= 15 is 0 Å². The van der Waals surface area contributed by atoms with Gasteiger partial charge in [-0.3, -0.25) is 4.99 Å². The number of hydrogen-bond acceptors (Lipinski definition) is 2. The molecule has 4 nitrogen and oxygen atoms in total. The molecule has 4 heteroatoms. The molecule has 1 aromatic rings. The smallest absolute Gasteiger partial charge is 0.191 e. The molecule has 0 fully saturated rings. The van der Waals surface area contributed by atoms with Crippen LogP contribution in [0.3, 0.4) is 0 Å². The Morgan fingerprint density at radius 1 is 1.10 bits per heavy atom. The molecule has 0 heterocycles. The van der Waals surface area contributed by atoms with Gasteiger partial charge in [0, 0.05) is 33.4 Å². The molecule has 0 bridgehead atoms. The molecule has 118 valence electrons. The number of unbranched alkanes of at least 4 members (excludes halogenated alkanes) is 1. The second-order valence-corrected chi connectivity index (χ2v) is 4.88. The van der Waals surface area contributed by atoms with Crippen LogP contribution in [0.4, 0.5) is 0 Å². The zero-order valence-corrected chi connectivity index (χ0v) is 13.6. The van der Waals surface area contributed by atoms with Gasteiger partial charge in [0.2, 0.25) is 0 Å². The van der Waals surface area contributed by atoms with Crippen molar-refractivity contribution >= 4 is 5.96 Å². The molecule has 0 spiro atoms. The van der Waals surface area contributed by atoms with Crippen LogP contribution in [0.2, 0.25) is 0 Å². The van der Waals surface area contributed by atoms with Crippen LogP contribution in [-0.2, 0) is 17.7 Å². The van der Waals surface area contributed by atoms with Gasteiger partial charge in [-0.15, -0.1) is 0 Å². The molecular formula is C17H29N3O. The first-order chi connectivity index (χ1) is 10.3. The first-order valence-electron chi connectivity index (χ1n) is 7.90. The van der Waals surface area contributed by atoms with Crippen LogP contribution in [0, 0.1) is 0 Å². The summed E-state index contributed by atoms with van der Waals surface area (Å²) in [5, 5.41) is 6.71. The van der Waals surface area contributed by atoms with Crippen molar-refractivity contribution in [1.82, 2.24) is 10.6 Å². The lowest BCUT2D eigenvalue weighted by molar-refractivity contribution is 0.143. The van der Waals surface area contributed by atoms with Crippen LogP contribution in [0.5, 0.6) is 0 Å². The van der Waals surface area contributed by atoms with E-state index in [1.807, 2.05) is 6.92 Å². The van der Waals surface area contributed by atoms with E-state index in [-0.39, 0.29) is 0 Å². The number of rotatable bonds is 9. The van der Waals surface area contributed by atoms with Crippen molar-refractivity contribution in [3.05, 3.63) is 35.4 Å². The Bertz CT molecular complexity index is 418. The van der Waals surface area contributed by atoms with Gasteiger partial charge in [-0.25, -0.2) is 0 Å². The number of aryl methyl sites for hydroxylation is 1. The number of nitrogens with one attached hydrogen (secondary N) is 2. The van der Waals surface area contributed by atoms with Crippen molar-refractivity contribution in [2.45, 2.75) is 39.7 Å². The first-order valence-corrected chi connectivity index (χ1v) is 7.90. The van der Waals surface area contributed by atoms with Crippen LogP contribution >= 0.6 is 0 Å². The highest BCUT2D eigenvalue weighted by atomic mass is 16.5. The van der Waals surface area contributed by atoms with E-state index in [0.717, 1.165) is 51.5 Å². The SMILES string of the molecule is CCOCCCCNC(=NC)NCc1ccccc1CC. The predicted molar refractivity (Wildman–Crippen MR) is 89.7 cm³/mol. The molecule has 1 aromatic carbocycles. The standard InChI is InChI=1S/C17H29N3O/c1-4-15-10-6-7-11-16(15)14-20-17(18-3)19-12-8-9-13-21-5-2/h6-7,10-11H,4-5,8-9,12-14H2,1-3H3,(H2,18,19,20). The van der Waals surface area contributed by atoms with Gasteiger partial charge in [0.05, 0.1) is 0 Å². The van der Waals surface area contributed by atoms with Gasteiger partial charge < -0.3 is 15.4 Å². The normalized spacial score (nSPS) is 11.5. The van der Waals surface area contributed by atoms with Crippen LogP contribution in [0.1, 0.15) is 37.8 Å². The second-order valence-electron chi connectivity index (χ2n) is 4.88. The van der Waals surface area contributed by atoms with Gasteiger partial charge in [0.15, 0.2) is 5.96 Å². The lowest BCUT2D eigenvalue weighted by Gasteiger charge is -2.13. The Balaban J connectivity index is 2.28. The predicted octanol–water partition coefficient (Wildman–Crippen LogP) is 2.73. The molecule has 1 rings (SSSR count). The lowest BCUT2D eigenvalue weighted by Crippen LogP contribution is -2.37.